The molecule has 2 N–H and O–H groups in total. The van der Waals surface area contributed by atoms with Gasteiger partial charge in [0.2, 0.25) is 5.91 Å². The van der Waals surface area contributed by atoms with Gasteiger partial charge in [0.1, 0.15) is 6.04 Å². The molecule has 0 saturated carbocycles. The molecule has 0 radical (unpaired) electrons. The highest BCUT2D eigenvalue weighted by Gasteiger charge is 2.34. The SMILES string of the molecule is CC(=O)c1ccc(NC(=O)C2CCCN2C(=O)Nc2ccc(C)cc2)cc1. The van der Waals surface area contributed by atoms with Gasteiger partial charge in [0.25, 0.3) is 0 Å². The number of rotatable bonds is 4. The Kier molecular flexibility index (Phi) is 5.54. The largest absolute Gasteiger partial charge is 0.324 e. The maximum Gasteiger partial charge on any atom is 0.322 e. The Hall–Kier alpha value is -3.15. The first-order valence-electron chi connectivity index (χ1n) is 9.00. The number of likely N-dealkylation sites (tertiary alicyclic amines) is 1. The van der Waals surface area contributed by atoms with Crippen LogP contribution in [0.5, 0.6) is 0 Å². The Labute approximate surface area is 158 Å². The molecular formula is C21H23N3O3. The van der Waals surface area contributed by atoms with Gasteiger partial charge in [0.15, 0.2) is 5.78 Å². The molecule has 6 nitrogen and oxygen atoms in total. The summed E-state index contributed by atoms with van der Waals surface area (Å²) in [6.45, 7) is 4.02. The lowest BCUT2D eigenvalue weighted by molar-refractivity contribution is -0.119. The van der Waals surface area contributed by atoms with Gasteiger partial charge < -0.3 is 15.5 Å². The van der Waals surface area contributed by atoms with Gasteiger partial charge in [-0.2, -0.15) is 0 Å². The van der Waals surface area contributed by atoms with Crippen LogP contribution in [0.4, 0.5) is 16.2 Å². The number of carbonyl (C=O) groups is 3. The van der Waals surface area contributed by atoms with E-state index in [1.54, 1.807) is 29.2 Å². The number of nitrogens with zero attached hydrogens (tertiary/aromatic N) is 1. The van der Waals surface area contributed by atoms with Gasteiger partial charge >= 0.3 is 6.03 Å². The summed E-state index contributed by atoms with van der Waals surface area (Å²) in [5.74, 6) is -0.246. The van der Waals surface area contributed by atoms with Crippen LogP contribution in [-0.4, -0.2) is 35.2 Å². The topological polar surface area (TPSA) is 78.5 Å². The van der Waals surface area contributed by atoms with E-state index in [1.807, 2.05) is 31.2 Å². The normalized spacial score (nSPS) is 16.1. The summed E-state index contributed by atoms with van der Waals surface area (Å²) in [4.78, 5) is 38.1. The van der Waals surface area contributed by atoms with Crippen LogP contribution < -0.4 is 10.6 Å². The Balaban J connectivity index is 1.64. The van der Waals surface area contributed by atoms with Crippen molar-refractivity contribution in [3.8, 4) is 0 Å². The predicted molar refractivity (Wildman–Crippen MR) is 105 cm³/mol. The van der Waals surface area contributed by atoms with E-state index < -0.39 is 6.04 Å². The van der Waals surface area contributed by atoms with E-state index in [1.165, 1.54) is 6.92 Å². The van der Waals surface area contributed by atoms with Crippen LogP contribution in [0.1, 0.15) is 35.7 Å². The highest BCUT2D eigenvalue weighted by Crippen LogP contribution is 2.21. The van der Waals surface area contributed by atoms with Crippen LogP contribution in [0, 0.1) is 6.92 Å². The van der Waals surface area contributed by atoms with E-state index in [0.717, 1.165) is 12.0 Å². The molecule has 1 aliphatic rings. The van der Waals surface area contributed by atoms with Crippen molar-refractivity contribution < 1.29 is 14.4 Å². The van der Waals surface area contributed by atoms with Crippen molar-refractivity contribution in [3.63, 3.8) is 0 Å². The zero-order valence-electron chi connectivity index (χ0n) is 15.5. The third kappa shape index (κ3) is 4.53. The molecule has 3 amide bonds. The van der Waals surface area contributed by atoms with Gasteiger partial charge in [-0.3, -0.25) is 9.59 Å². The fraction of sp³-hybridized carbons (Fsp3) is 0.286. The van der Waals surface area contributed by atoms with Crippen LogP contribution in [0.3, 0.4) is 0 Å². The minimum Gasteiger partial charge on any atom is -0.324 e. The lowest BCUT2D eigenvalue weighted by Crippen LogP contribution is -2.45. The summed E-state index contributed by atoms with van der Waals surface area (Å²) in [7, 11) is 0. The van der Waals surface area contributed by atoms with Crippen LogP contribution in [0.25, 0.3) is 0 Å². The maximum atomic E-state index is 12.6. The molecule has 0 bridgehead atoms. The molecule has 1 fully saturated rings. The fourth-order valence-electron chi connectivity index (χ4n) is 3.13. The van der Waals surface area contributed by atoms with Gasteiger partial charge in [-0.15, -0.1) is 0 Å². The van der Waals surface area contributed by atoms with E-state index >= 15 is 0 Å². The summed E-state index contributed by atoms with van der Waals surface area (Å²) >= 11 is 0. The maximum absolute atomic E-state index is 12.6. The van der Waals surface area contributed by atoms with Crippen LogP contribution in [-0.2, 0) is 4.79 Å². The number of Topliss-reactive ketones (excluding diaryl/α,β-unsaturated/α-hetero) is 1. The zero-order valence-corrected chi connectivity index (χ0v) is 15.5. The molecule has 140 valence electrons. The number of ketones is 1. The first-order chi connectivity index (χ1) is 12.9. The highest BCUT2D eigenvalue weighted by atomic mass is 16.2. The molecule has 2 aromatic carbocycles. The average molecular weight is 365 g/mol. The number of hydrogen-bond donors (Lipinski definition) is 2. The van der Waals surface area contributed by atoms with Gasteiger partial charge in [0.05, 0.1) is 0 Å². The molecule has 0 spiro atoms. The quantitative estimate of drug-likeness (QED) is 0.808. The lowest BCUT2D eigenvalue weighted by atomic mass is 10.1. The number of hydrogen-bond acceptors (Lipinski definition) is 3. The second kappa shape index (κ2) is 8.03. The number of benzene rings is 2. The number of aryl methyl sites for hydroxylation is 1. The van der Waals surface area contributed by atoms with E-state index in [-0.39, 0.29) is 17.7 Å². The molecule has 1 heterocycles. The third-order valence-corrected chi connectivity index (χ3v) is 4.68. The molecule has 0 aliphatic carbocycles. The molecule has 1 atom stereocenters. The van der Waals surface area contributed by atoms with Crippen molar-refractivity contribution >= 4 is 29.1 Å². The molecule has 6 heteroatoms. The van der Waals surface area contributed by atoms with E-state index in [4.69, 9.17) is 0 Å². The number of urea groups is 1. The first-order valence-corrected chi connectivity index (χ1v) is 9.00. The smallest absolute Gasteiger partial charge is 0.322 e. The average Bonchev–Trinajstić information content (AvgIpc) is 3.14. The summed E-state index contributed by atoms with van der Waals surface area (Å²) in [6, 6.07) is 13.5. The molecule has 3 rings (SSSR count). The first kappa shape index (κ1) is 18.6. The van der Waals surface area contributed by atoms with E-state index in [2.05, 4.69) is 10.6 Å². The number of carbonyl (C=O) groups excluding carboxylic acids is 3. The second-order valence-corrected chi connectivity index (χ2v) is 6.77. The van der Waals surface area contributed by atoms with Crippen LogP contribution in [0.15, 0.2) is 48.5 Å². The minimum absolute atomic E-state index is 0.0254. The minimum atomic E-state index is -0.511. The highest BCUT2D eigenvalue weighted by molar-refractivity contribution is 6.00. The molecule has 0 aromatic heterocycles. The van der Waals surface area contributed by atoms with Crippen molar-refractivity contribution in [1.29, 1.82) is 0 Å². The standard InChI is InChI=1S/C21H23N3O3/c1-14-5-9-18(10-6-14)23-21(27)24-13-3-4-19(24)20(26)22-17-11-7-16(8-12-17)15(2)25/h5-12,19H,3-4,13H2,1-2H3,(H,22,26)(H,23,27). The van der Waals surface area contributed by atoms with Crippen molar-refractivity contribution in [2.24, 2.45) is 0 Å². The van der Waals surface area contributed by atoms with Crippen LogP contribution in [0.2, 0.25) is 0 Å². The summed E-state index contributed by atoms with van der Waals surface area (Å²) in [5, 5.41) is 5.68. The van der Waals surface area contributed by atoms with Crippen molar-refractivity contribution in [2.45, 2.75) is 32.7 Å². The molecule has 1 unspecified atom stereocenters. The summed E-state index contributed by atoms with van der Waals surface area (Å²) < 4.78 is 0. The second-order valence-electron chi connectivity index (χ2n) is 6.77. The fourth-order valence-corrected chi connectivity index (χ4v) is 3.13. The van der Waals surface area contributed by atoms with Crippen molar-refractivity contribution in [2.75, 3.05) is 17.2 Å². The Bertz CT molecular complexity index is 844. The number of anilines is 2. The molecule has 27 heavy (non-hydrogen) atoms. The Morgan fingerprint density at radius 3 is 2.15 bits per heavy atom. The van der Waals surface area contributed by atoms with Crippen LogP contribution >= 0.6 is 0 Å². The number of amides is 3. The predicted octanol–water partition coefficient (Wildman–Crippen LogP) is 3.83. The lowest BCUT2D eigenvalue weighted by Gasteiger charge is -2.24. The van der Waals surface area contributed by atoms with Gasteiger partial charge in [0, 0.05) is 23.5 Å². The van der Waals surface area contributed by atoms with Gasteiger partial charge in [-0.1, -0.05) is 17.7 Å². The number of nitrogens with one attached hydrogen (secondary N) is 2. The molecule has 1 aliphatic heterocycles. The Morgan fingerprint density at radius 2 is 1.52 bits per heavy atom. The molecular weight excluding hydrogens is 342 g/mol. The van der Waals surface area contributed by atoms with E-state index in [9.17, 15) is 14.4 Å². The monoisotopic (exact) mass is 365 g/mol. The van der Waals surface area contributed by atoms with Gasteiger partial charge in [-0.25, -0.2) is 4.79 Å². The summed E-state index contributed by atoms with van der Waals surface area (Å²) in [5.41, 5.74) is 3.02. The van der Waals surface area contributed by atoms with Crippen molar-refractivity contribution in [3.05, 3.63) is 59.7 Å². The van der Waals surface area contributed by atoms with Crippen molar-refractivity contribution in [1.82, 2.24) is 4.90 Å². The summed E-state index contributed by atoms with van der Waals surface area (Å²) in [6.07, 6.45) is 1.40. The zero-order chi connectivity index (χ0) is 19.4. The Morgan fingerprint density at radius 1 is 0.926 bits per heavy atom. The molecule has 2 aromatic rings. The third-order valence-electron chi connectivity index (χ3n) is 4.68. The van der Waals surface area contributed by atoms with E-state index in [0.29, 0.717) is 29.9 Å². The van der Waals surface area contributed by atoms with Gasteiger partial charge in [-0.05, 0) is 63.1 Å². The molecule has 1 saturated heterocycles.